The summed E-state index contributed by atoms with van der Waals surface area (Å²) in [5, 5.41) is 10.1. The maximum Gasteiger partial charge on any atom is 0.0650 e. The predicted molar refractivity (Wildman–Crippen MR) is 93.0 cm³/mol. The Labute approximate surface area is 127 Å². The topological polar surface area (TPSA) is 20.2 Å². The highest BCUT2D eigenvalue weighted by molar-refractivity contribution is 6.83. The molecule has 1 aliphatic carbocycles. The first-order valence-electron chi connectivity index (χ1n) is 8.67. The van der Waals surface area contributed by atoms with Gasteiger partial charge in [0, 0.05) is 5.92 Å². The molecular formula is C18H36OSi. The van der Waals surface area contributed by atoms with Gasteiger partial charge in [0.1, 0.15) is 0 Å². The molecule has 2 heteroatoms. The van der Waals surface area contributed by atoms with Gasteiger partial charge in [0.15, 0.2) is 0 Å². The average molecular weight is 297 g/mol. The molecule has 0 aromatic carbocycles. The Morgan fingerprint density at radius 3 is 1.90 bits per heavy atom. The number of rotatable bonds is 6. The van der Waals surface area contributed by atoms with Gasteiger partial charge in [-0.05, 0) is 18.9 Å². The molecular weight excluding hydrogens is 260 g/mol. The highest BCUT2D eigenvalue weighted by atomic mass is 28.3. The van der Waals surface area contributed by atoms with Crippen molar-refractivity contribution in [3.63, 3.8) is 0 Å². The van der Waals surface area contributed by atoms with Crippen molar-refractivity contribution in [2.75, 3.05) is 0 Å². The van der Waals surface area contributed by atoms with Crippen molar-refractivity contribution in [1.29, 1.82) is 0 Å². The zero-order valence-corrected chi connectivity index (χ0v) is 15.5. The van der Waals surface area contributed by atoms with E-state index in [1.54, 1.807) is 0 Å². The Morgan fingerprint density at radius 1 is 0.950 bits per heavy atom. The van der Waals surface area contributed by atoms with E-state index in [1.807, 2.05) is 0 Å². The maximum absolute atomic E-state index is 10.1. The van der Waals surface area contributed by atoms with Crippen LogP contribution in [-0.2, 0) is 0 Å². The van der Waals surface area contributed by atoms with Crippen molar-refractivity contribution >= 4 is 8.07 Å². The minimum absolute atomic E-state index is 0.0896. The van der Waals surface area contributed by atoms with Gasteiger partial charge in [0.05, 0.1) is 14.2 Å². The second-order valence-electron chi connectivity index (χ2n) is 7.72. The molecule has 0 bridgehead atoms. The summed E-state index contributed by atoms with van der Waals surface area (Å²) >= 11 is 0. The summed E-state index contributed by atoms with van der Waals surface area (Å²) < 4.78 is 0. The molecule has 2 atom stereocenters. The fourth-order valence-electron chi connectivity index (χ4n) is 4.52. The third-order valence-electron chi connectivity index (χ3n) is 5.86. The quantitative estimate of drug-likeness (QED) is 0.487. The van der Waals surface area contributed by atoms with Crippen LogP contribution in [0.25, 0.3) is 0 Å². The molecule has 0 aromatic rings. The van der Waals surface area contributed by atoms with Crippen molar-refractivity contribution in [1.82, 2.24) is 0 Å². The highest BCUT2D eigenvalue weighted by Crippen LogP contribution is 2.44. The van der Waals surface area contributed by atoms with E-state index in [2.05, 4.69) is 53.7 Å². The third kappa shape index (κ3) is 3.97. The largest absolute Gasteiger partial charge is 0.393 e. The lowest BCUT2D eigenvalue weighted by atomic mass is 9.86. The first-order valence-corrected chi connectivity index (χ1v) is 11.1. The van der Waals surface area contributed by atoms with E-state index in [9.17, 15) is 5.11 Å². The van der Waals surface area contributed by atoms with Crippen LogP contribution in [0.1, 0.15) is 67.2 Å². The van der Waals surface area contributed by atoms with E-state index < -0.39 is 8.07 Å². The summed E-state index contributed by atoms with van der Waals surface area (Å²) in [5.41, 5.74) is 2.47. The van der Waals surface area contributed by atoms with Gasteiger partial charge >= 0.3 is 0 Å². The van der Waals surface area contributed by atoms with Crippen LogP contribution in [0.15, 0.2) is 12.2 Å². The Bertz CT molecular complexity index is 285. The molecule has 118 valence electrons. The van der Waals surface area contributed by atoms with Crippen LogP contribution in [0.5, 0.6) is 0 Å². The standard InChI is InChI=1S/C18H36OSi/c1-14(2)20(15(3)4,16(5)6)13-9-11-17-10-7-8-12-18(17)19/h9,11,14-19H,7-8,10,12-13H2,1-6H3/b11-9-/t17-,18-/m0/s1. The van der Waals surface area contributed by atoms with Crippen LogP contribution in [-0.4, -0.2) is 19.3 Å². The Morgan fingerprint density at radius 2 is 1.45 bits per heavy atom. The lowest BCUT2D eigenvalue weighted by molar-refractivity contribution is 0.0927. The molecule has 0 radical (unpaired) electrons. The smallest absolute Gasteiger partial charge is 0.0650 e. The Hall–Kier alpha value is -0.0831. The molecule has 0 aliphatic heterocycles. The first kappa shape index (κ1) is 18.0. The van der Waals surface area contributed by atoms with Crippen molar-refractivity contribution in [2.45, 2.75) is 96.0 Å². The van der Waals surface area contributed by atoms with Gasteiger partial charge in [-0.25, -0.2) is 0 Å². The second-order valence-corrected chi connectivity index (χ2v) is 13.8. The van der Waals surface area contributed by atoms with Gasteiger partial charge in [-0.3, -0.25) is 0 Å². The number of aliphatic hydroxyl groups excluding tert-OH is 1. The van der Waals surface area contributed by atoms with Gasteiger partial charge in [-0.1, -0.05) is 83.2 Å². The summed E-state index contributed by atoms with van der Waals surface area (Å²) in [4.78, 5) is 0. The van der Waals surface area contributed by atoms with E-state index in [4.69, 9.17) is 0 Å². The summed E-state index contributed by atoms with van der Waals surface area (Å²) in [5.74, 6) is 0.418. The van der Waals surface area contributed by atoms with Gasteiger partial charge in [-0.15, -0.1) is 0 Å². The predicted octanol–water partition coefficient (Wildman–Crippen LogP) is 5.77. The zero-order valence-electron chi connectivity index (χ0n) is 14.5. The second kappa shape index (κ2) is 7.79. The fraction of sp³-hybridized carbons (Fsp3) is 0.889. The van der Waals surface area contributed by atoms with Crippen molar-refractivity contribution in [3.8, 4) is 0 Å². The summed E-state index contributed by atoms with van der Waals surface area (Å²) in [6, 6.07) is 1.28. The first-order chi connectivity index (χ1) is 9.32. The molecule has 20 heavy (non-hydrogen) atoms. The number of hydrogen-bond donors (Lipinski definition) is 1. The van der Waals surface area contributed by atoms with Crippen molar-refractivity contribution < 1.29 is 5.11 Å². The molecule has 1 rings (SSSR count). The van der Waals surface area contributed by atoms with Gasteiger partial charge in [0.25, 0.3) is 0 Å². The summed E-state index contributed by atoms with van der Waals surface area (Å²) in [6.45, 7) is 14.6. The third-order valence-corrected chi connectivity index (χ3v) is 13.3. The molecule has 0 heterocycles. The van der Waals surface area contributed by atoms with Crippen LogP contribution in [0, 0.1) is 5.92 Å². The van der Waals surface area contributed by atoms with Crippen molar-refractivity contribution in [2.24, 2.45) is 5.92 Å². The zero-order chi connectivity index (χ0) is 15.3. The monoisotopic (exact) mass is 296 g/mol. The van der Waals surface area contributed by atoms with E-state index in [0.717, 1.165) is 23.0 Å². The molecule has 0 spiro atoms. The molecule has 1 nitrogen and oxygen atoms in total. The highest BCUT2D eigenvalue weighted by Gasteiger charge is 2.41. The number of allylic oxidation sites excluding steroid dienone is 1. The van der Waals surface area contributed by atoms with Gasteiger partial charge < -0.3 is 5.11 Å². The summed E-state index contributed by atoms with van der Waals surface area (Å²) in [6.07, 6.45) is 9.35. The molecule has 0 saturated heterocycles. The summed E-state index contributed by atoms with van der Waals surface area (Å²) in [7, 11) is -1.30. The van der Waals surface area contributed by atoms with Crippen LogP contribution in [0.2, 0.25) is 22.7 Å². The van der Waals surface area contributed by atoms with Crippen LogP contribution >= 0.6 is 0 Å². The van der Waals surface area contributed by atoms with Crippen molar-refractivity contribution in [3.05, 3.63) is 12.2 Å². The lowest BCUT2D eigenvalue weighted by Crippen LogP contribution is -2.43. The minimum Gasteiger partial charge on any atom is -0.393 e. The number of hydrogen-bond acceptors (Lipinski definition) is 1. The minimum atomic E-state index is -1.30. The molecule has 1 saturated carbocycles. The fourth-order valence-corrected chi connectivity index (χ4v) is 10.5. The van der Waals surface area contributed by atoms with Crippen LogP contribution in [0.3, 0.4) is 0 Å². The SMILES string of the molecule is CC(C)[Si](C/C=C\[C@@H]1CCCC[C@@H]1O)(C(C)C)C(C)C. The molecule has 1 N–H and O–H groups in total. The molecule has 0 aromatic heterocycles. The number of aliphatic hydroxyl groups is 1. The maximum atomic E-state index is 10.1. The molecule has 0 amide bonds. The average Bonchev–Trinajstić information content (AvgIpc) is 2.35. The Balaban J connectivity index is 2.75. The lowest BCUT2D eigenvalue weighted by Gasteiger charge is -2.43. The van der Waals surface area contributed by atoms with Gasteiger partial charge in [-0.2, -0.15) is 0 Å². The molecule has 1 aliphatic rings. The van der Waals surface area contributed by atoms with E-state index in [1.165, 1.54) is 25.3 Å². The van der Waals surface area contributed by atoms with Gasteiger partial charge in [0.2, 0.25) is 0 Å². The van der Waals surface area contributed by atoms with Crippen LogP contribution in [0.4, 0.5) is 0 Å². The molecule has 1 fully saturated rings. The van der Waals surface area contributed by atoms with Crippen LogP contribution < -0.4 is 0 Å². The Kier molecular flexibility index (Phi) is 7.00. The van der Waals surface area contributed by atoms with E-state index in [0.29, 0.717) is 5.92 Å². The van der Waals surface area contributed by atoms with E-state index in [-0.39, 0.29) is 6.10 Å². The van der Waals surface area contributed by atoms with E-state index >= 15 is 0 Å². The molecule has 0 unspecified atom stereocenters. The normalized spacial score (nSPS) is 25.3.